The Balaban J connectivity index is 1.81. The summed E-state index contributed by atoms with van der Waals surface area (Å²) < 4.78 is 19.1. The number of hydrogen-bond donors (Lipinski definition) is 2. The van der Waals surface area contributed by atoms with Gasteiger partial charge in [-0.1, -0.05) is 12.1 Å². The summed E-state index contributed by atoms with van der Waals surface area (Å²) in [7, 11) is 0. The zero-order chi connectivity index (χ0) is 15.4. The van der Waals surface area contributed by atoms with Crippen LogP contribution in [0.4, 0.5) is 4.39 Å². The molecule has 0 aliphatic carbocycles. The SMILES string of the molecule is O=C(NC1(c2cccc(F)c2)CCOCC1)C1CCNCC1. The molecule has 0 saturated carbocycles. The summed E-state index contributed by atoms with van der Waals surface area (Å²) in [5.74, 6) is -0.123. The van der Waals surface area contributed by atoms with Crippen LogP contribution in [0.5, 0.6) is 0 Å². The van der Waals surface area contributed by atoms with Gasteiger partial charge in [-0.15, -0.1) is 0 Å². The first-order valence-electron chi connectivity index (χ1n) is 8.06. The molecule has 2 aliphatic heterocycles. The third kappa shape index (κ3) is 3.31. The smallest absolute Gasteiger partial charge is 0.223 e. The van der Waals surface area contributed by atoms with Gasteiger partial charge in [-0.25, -0.2) is 4.39 Å². The second kappa shape index (κ2) is 6.75. The van der Waals surface area contributed by atoms with Gasteiger partial charge in [0, 0.05) is 19.1 Å². The molecule has 0 atom stereocenters. The third-order valence-electron chi connectivity index (χ3n) is 4.80. The summed E-state index contributed by atoms with van der Waals surface area (Å²) in [6, 6.07) is 6.58. The van der Waals surface area contributed by atoms with Gasteiger partial charge in [0.05, 0.1) is 5.54 Å². The Morgan fingerprint density at radius 3 is 2.68 bits per heavy atom. The predicted molar refractivity (Wildman–Crippen MR) is 81.9 cm³/mol. The Hall–Kier alpha value is -1.46. The van der Waals surface area contributed by atoms with Gasteiger partial charge in [0.2, 0.25) is 5.91 Å². The topological polar surface area (TPSA) is 50.4 Å². The first-order chi connectivity index (χ1) is 10.7. The molecule has 4 nitrogen and oxygen atoms in total. The molecule has 2 heterocycles. The van der Waals surface area contributed by atoms with Crippen molar-refractivity contribution < 1.29 is 13.9 Å². The molecule has 0 spiro atoms. The zero-order valence-electron chi connectivity index (χ0n) is 12.7. The van der Waals surface area contributed by atoms with Crippen molar-refractivity contribution in [3.8, 4) is 0 Å². The number of ether oxygens (including phenoxy) is 1. The van der Waals surface area contributed by atoms with Gasteiger partial charge in [0.1, 0.15) is 5.82 Å². The number of carbonyl (C=O) groups is 1. The lowest BCUT2D eigenvalue weighted by Crippen LogP contribution is -2.52. The summed E-state index contributed by atoms with van der Waals surface area (Å²) >= 11 is 0. The molecule has 5 heteroatoms. The van der Waals surface area contributed by atoms with E-state index in [1.807, 2.05) is 6.07 Å². The fourth-order valence-electron chi connectivity index (χ4n) is 3.41. The average molecular weight is 306 g/mol. The van der Waals surface area contributed by atoms with E-state index in [2.05, 4.69) is 10.6 Å². The molecule has 0 unspecified atom stereocenters. The Morgan fingerprint density at radius 1 is 1.27 bits per heavy atom. The number of amides is 1. The van der Waals surface area contributed by atoms with E-state index in [1.54, 1.807) is 6.07 Å². The Bertz CT molecular complexity index is 523. The number of nitrogens with one attached hydrogen (secondary N) is 2. The second-order valence-corrected chi connectivity index (χ2v) is 6.22. The monoisotopic (exact) mass is 306 g/mol. The van der Waals surface area contributed by atoms with Crippen molar-refractivity contribution in [2.45, 2.75) is 31.2 Å². The molecular weight excluding hydrogens is 283 g/mol. The van der Waals surface area contributed by atoms with Crippen molar-refractivity contribution in [2.75, 3.05) is 26.3 Å². The summed E-state index contributed by atoms with van der Waals surface area (Å²) in [5, 5.41) is 6.50. The number of piperidine rings is 1. The molecule has 0 bridgehead atoms. The number of benzene rings is 1. The van der Waals surface area contributed by atoms with E-state index < -0.39 is 5.54 Å². The lowest BCUT2D eigenvalue weighted by molar-refractivity contribution is -0.129. The Kier molecular flexibility index (Phi) is 4.74. The van der Waals surface area contributed by atoms with Gasteiger partial charge in [-0.2, -0.15) is 0 Å². The largest absolute Gasteiger partial charge is 0.381 e. The molecule has 3 rings (SSSR count). The molecule has 2 saturated heterocycles. The van der Waals surface area contributed by atoms with Crippen LogP contribution >= 0.6 is 0 Å². The van der Waals surface area contributed by atoms with Gasteiger partial charge in [0.15, 0.2) is 0 Å². The molecule has 0 radical (unpaired) electrons. The Labute approximate surface area is 130 Å². The van der Waals surface area contributed by atoms with E-state index in [9.17, 15) is 9.18 Å². The van der Waals surface area contributed by atoms with Crippen molar-refractivity contribution >= 4 is 5.91 Å². The molecule has 22 heavy (non-hydrogen) atoms. The molecule has 1 aromatic rings. The van der Waals surface area contributed by atoms with Crippen molar-refractivity contribution in [1.29, 1.82) is 0 Å². The highest BCUT2D eigenvalue weighted by molar-refractivity contribution is 5.79. The maximum atomic E-state index is 13.6. The first kappa shape index (κ1) is 15.4. The van der Waals surface area contributed by atoms with E-state index in [0.29, 0.717) is 26.1 Å². The van der Waals surface area contributed by atoms with E-state index >= 15 is 0 Å². The molecule has 2 aliphatic rings. The summed E-state index contributed by atoms with van der Waals surface area (Å²) in [6.45, 7) is 2.94. The van der Waals surface area contributed by atoms with Crippen LogP contribution in [0.2, 0.25) is 0 Å². The molecule has 1 aromatic carbocycles. The van der Waals surface area contributed by atoms with E-state index in [1.165, 1.54) is 12.1 Å². The van der Waals surface area contributed by atoms with Crippen LogP contribution in [0.15, 0.2) is 24.3 Å². The van der Waals surface area contributed by atoms with Gasteiger partial charge >= 0.3 is 0 Å². The molecule has 2 N–H and O–H groups in total. The van der Waals surface area contributed by atoms with Crippen LogP contribution < -0.4 is 10.6 Å². The van der Waals surface area contributed by atoms with Gasteiger partial charge in [-0.3, -0.25) is 4.79 Å². The number of rotatable bonds is 3. The van der Waals surface area contributed by atoms with Gasteiger partial charge < -0.3 is 15.4 Å². The first-order valence-corrected chi connectivity index (χ1v) is 8.06. The minimum atomic E-state index is -0.498. The summed E-state index contributed by atoms with van der Waals surface area (Å²) in [5.41, 5.74) is 0.348. The van der Waals surface area contributed by atoms with Crippen LogP contribution in [-0.4, -0.2) is 32.2 Å². The number of halogens is 1. The predicted octanol–water partition coefficient (Wildman–Crippen LogP) is 1.95. The van der Waals surface area contributed by atoms with Crippen LogP contribution in [0.3, 0.4) is 0 Å². The quantitative estimate of drug-likeness (QED) is 0.897. The van der Waals surface area contributed by atoms with Crippen molar-refractivity contribution in [3.05, 3.63) is 35.6 Å². The van der Waals surface area contributed by atoms with Crippen molar-refractivity contribution in [2.24, 2.45) is 5.92 Å². The van der Waals surface area contributed by atoms with E-state index in [0.717, 1.165) is 31.5 Å². The highest BCUT2D eigenvalue weighted by Crippen LogP contribution is 2.33. The maximum absolute atomic E-state index is 13.6. The summed E-state index contributed by atoms with van der Waals surface area (Å²) in [6.07, 6.45) is 3.10. The van der Waals surface area contributed by atoms with Gasteiger partial charge in [-0.05, 0) is 56.5 Å². The van der Waals surface area contributed by atoms with E-state index in [-0.39, 0.29) is 17.6 Å². The molecule has 120 valence electrons. The molecular formula is C17H23FN2O2. The number of hydrogen-bond acceptors (Lipinski definition) is 3. The fraction of sp³-hybridized carbons (Fsp3) is 0.588. The summed E-state index contributed by atoms with van der Waals surface area (Å²) in [4.78, 5) is 12.7. The standard InChI is InChI=1S/C17H23FN2O2/c18-15-3-1-2-14(12-15)17(6-10-22-11-7-17)20-16(21)13-4-8-19-9-5-13/h1-3,12-13,19H,4-11H2,(H,20,21). The van der Waals surface area contributed by atoms with E-state index in [4.69, 9.17) is 4.74 Å². The molecule has 0 aromatic heterocycles. The van der Waals surface area contributed by atoms with Crippen LogP contribution in [0, 0.1) is 11.7 Å². The third-order valence-corrected chi connectivity index (χ3v) is 4.80. The molecule has 1 amide bonds. The Morgan fingerprint density at radius 2 is 2.00 bits per heavy atom. The van der Waals surface area contributed by atoms with Gasteiger partial charge in [0.25, 0.3) is 0 Å². The van der Waals surface area contributed by atoms with Crippen LogP contribution in [0.1, 0.15) is 31.2 Å². The normalized spacial score (nSPS) is 22.2. The lowest BCUT2D eigenvalue weighted by atomic mass is 9.81. The van der Waals surface area contributed by atoms with Crippen LogP contribution in [-0.2, 0) is 15.1 Å². The zero-order valence-corrected chi connectivity index (χ0v) is 12.7. The van der Waals surface area contributed by atoms with Crippen molar-refractivity contribution in [1.82, 2.24) is 10.6 Å². The van der Waals surface area contributed by atoms with Crippen LogP contribution in [0.25, 0.3) is 0 Å². The minimum absolute atomic E-state index is 0.0505. The fourth-order valence-corrected chi connectivity index (χ4v) is 3.41. The average Bonchev–Trinajstić information content (AvgIpc) is 2.56. The molecule has 2 fully saturated rings. The maximum Gasteiger partial charge on any atom is 0.223 e. The highest BCUT2D eigenvalue weighted by atomic mass is 19.1. The number of carbonyl (C=O) groups excluding carboxylic acids is 1. The highest BCUT2D eigenvalue weighted by Gasteiger charge is 2.37. The van der Waals surface area contributed by atoms with Crippen molar-refractivity contribution in [3.63, 3.8) is 0 Å². The second-order valence-electron chi connectivity index (χ2n) is 6.22. The minimum Gasteiger partial charge on any atom is -0.381 e. The lowest BCUT2D eigenvalue weighted by Gasteiger charge is -2.40.